The molecule has 2 aromatic rings. The Hall–Kier alpha value is -3.37. The number of anilines is 2. The zero-order chi connectivity index (χ0) is 22.4. The van der Waals surface area contributed by atoms with Crippen LogP contribution in [0, 0.1) is 5.92 Å². The van der Waals surface area contributed by atoms with E-state index in [1.54, 1.807) is 25.6 Å². The topological polar surface area (TPSA) is 87.7 Å². The van der Waals surface area contributed by atoms with Gasteiger partial charge in [0, 0.05) is 38.2 Å². The van der Waals surface area contributed by atoms with Gasteiger partial charge in [0.25, 0.3) is 0 Å². The summed E-state index contributed by atoms with van der Waals surface area (Å²) >= 11 is 0. The number of amides is 2. The molecule has 1 aliphatic heterocycles. The first-order valence-electron chi connectivity index (χ1n) is 9.63. The van der Waals surface area contributed by atoms with Crippen molar-refractivity contribution in [3.8, 4) is 5.75 Å². The number of likely N-dealkylation sites (N-methyl/N-ethyl adjacent to an activating group) is 1. The maximum Gasteiger partial charge on any atom is 0.573 e. The number of rotatable bonds is 6. The average molecular weight is 437 g/mol. The third kappa shape index (κ3) is 6.56. The Bertz CT molecular complexity index is 893. The molecule has 0 unspecified atom stereocenters. The Labute approximate surface area is 177 Å². The molecule has 0 radical (unpaired) electrons. The van der Waals surface area contributed by atoms with Crippen LogP contribution in [0.4, 0.5) is 24.7 Å². The number of hydrogen-bond acceptors (Lipinski definition) is 6. The quantitative estimate of drug-likeness (QED) is 0.748. The highest BCUT2D eigenvalue weighted by Gasteiger charge is 2.31. The van der Waals surface area contributed by atoms with Crippen LogP contribution < -0.4 is 15.0 Å². The highest BCUT2D eigenvalue weighted by molar-refractivity contribution is 5.94. The predicted molar refractivity (Wildman–Crippen MR) is 106 cm³/mol. The van der Waals surface area contributed by atoms with E-state index in [-0.39, 0.29) is 24.1 Å². The molecule has 8 nitrogen and oxygen atoms in total. The maximum atomic E-state index is 12.8. The summed E-state index contributed by atoms with van der Waals surface area (Å²) in [6.07, 6.45) is 1.57. The average Bonchev–Trinajstić information content (AvgIpc) is 2.74. The second kappa shape index (κ2) is 9.63. The second-order valence-electron chi connectivity index (χ2n) is 7.16. The van der Waals surface area contributed by atoms with Gasteiger partial charge in [-0.3, -0.25) is 14.6 Å². The molecule has 2 heterocycles. The zero-order valence-electron chi connectivity index (χ0n) is 16.8. The van der Waals surface area contributed by atoms with Crippen LogP contribution >= 0.6 is 0 Å². The number of aromatic nitrogens is 2. The Morgan fingerprint density at radius 3 is 2.65 bits per heavy atom. The number of piperidine rings is 1. The zero-order valence-corrected chi connectivity index (χ0v) is 16.8. The van der Waals surface area contributed by atoms with Crippen LogP contribution in [0.25, 0.3) is 0 Å². The fourth-order valence-electron chi connectivity index (χ4n) is 3.39. The van der Waals surface area contributed by atoms with E-state index in [2.05, 4.69) is 20.0 Å². The van der Waals surface area contributed by atoms with E-state index in [4.69, 9.17) is 0 Å². The fraction of sp³-hybridized carbons (Fsp3) is 0.400. The number of nitrogens with one attached hydrogen (secondary N) is 1. The van der Waals surface area contributed by atoms with E-state index in [1.165, 1.54) is 17.0 Å². The first kappa shape index (κ1) is 22.3. The number of alkyl halides is 3. The molecule has 1 N–H and O–H groups in total. The van der Waals surface area contributed by atoms with Gasteiger partial charge in [0.2, 0.25) is 11.8 Å². The molecular formula is C20H22F3N5O3. The summed E-state index contributed by atoms with van der Waals surface area (Å²) in [6.45, 7) is 1.09. The standard InChI is InChI=1S/C20H22F3N5O3/c1-27(13-18(29)26-15-4-6-16(7-5-15)31-20(21,22)23)19(30)14-3-2-10-28(12-14)17-11-24-8-9-25-17/h4-9,11,14H,2-3,10,12-13H2,1H3,(H,26,29)/t14-/m1/s1. The van der Waals surface area contributed by atoms with Crippen molar-refractivity contribution in [1.82, 2.24) is 14.9 Å². The molecule has 1 aromatic carbocycles. The van der Waals surface area contributed by atoms with E-state index in [1.807, 2.05) is 4.90 Å². The molecule has 1 atom stereocenters. The molecule has 3 rings (SSSR count). The smallest absolute Gasteiger partial charge is 0.406 e. The van der Waals surface area contributed by atoms with Crippen molar-refractivity contribution in [2.45, 2.75) is 19.2 Å². The van der Waals surface area contributed by atoms with Gasteiger partial charge in [-0.15, -0.1) is 13.2 Å². The van der Waals surface area contributed by atoms with E-state index in [0.29, 0.717) is 24.5 Å². The lowest BCUT2D eigenvalue weighted by molar-refractivity contribution is -0.274. The number of hydrogen-bond donors (Lipinski definition) is 1. The summed E-state index contributed by atoms with van der Waals surface area (Å²) in [7, 11) is 1.55. The van der Waals surface area contributed by atoms with Gasteiger partial charge in [-0.2, -0.15) is 0 Å². The van der Waals surface area contributed by atoms with Crippen LogP contribution in [0.3, 0.4) is 0 Å². The summed E-state index contributed by atoms with van der Waals surface area (Å²) in [4.78, 5) is 36.7. The molecular weight excluding hydrogens is 415 g/mol. The normalized spacial score (nSPS) is 16.5. The van der Waals surface area contributed by atoms with Gasteiger partial charge in [-0.25, -0.2) is 4.98 Å². The highest BCUT2D eigenvalue weighted by atomic mass is 19.4. The summed E-state index contributed by atoms with van der Waals surface area (Å²) in [6, 6.07) is 4.78. The Morgan fingerprint density at radius 2 is 2.00 bits per heavy atom. The van der Waals surface area contributed by atoms with E-state index in [0.717, 1.165) is 25.1 Å². The molecule has 31 heavy (non-hydrogen) atoms. The number of benzene rings is 1. The molecule has 166 valence electrons. The van der Waals surface area contributed by atoms with Gasteiger partial charge in [0.15, 0.2) is 0 Å². The van der Waals surface area contributed by atoms with E-state index >= 15 is 0 Å². The van der Waals surface area contributed by atoms with Gasteiger partial charge in [0.1, 0.15) is 11.6 Å². The van der Waals surface area contributed by atoms with Gasteiger partial charge in [-0.05, 0) is 37.1 Å². The third-order valence-corrected chi connectivity index (χ3v) is 4.77. The molecule has 0 saturated carbocycles. The minimum atomic E-state index is -4.78. The highest BCUT2D eigenvalue weighted by Crippen LogP contribution is 2.24. The minimum absolute atomic E-state index is 0.155. The second-order valence-corrected chi connectivity index (χ2v) is 7.16. The summed E-state index contributed by atoms with van der Waals surface area (Å²) in [5.41, 5.74) is 0.298. The van der Waals surface area contributed by atoms with Crippen LogP contribution in [0.2, 0.25) is 0 Å². The molecule has 1 aromatic heterocycles. The van der Waals surface area contributed by atoms with Crippen LogP contribution in [-0.4, -0.2) is 59.7 Å². The Balaban J connectivity index is 1.51. The number of nitrogens with zero attached hydrogens (tertiary/aromatic N) is 4. The molecule has 0 bridgehead atoms. The van der Waals surface area contributed by atoms with Crippen molar-refractivity contribution < 1.29 is 27.5 Å². The van der Waals surface area contributed by atoms with Crippen molar-refractivity contribution in [1.29, 1.82) is 0 Å². The lowest BCUT2D eigenvalue weighted by Crippen LogP contribution is -2.45. The minimum Gasteiger partial charge on any atom is -0.406 e. The molecule has 1 aliphatic rings. The number of halogens is 3. The van der Waals surface area contributed by atoms with Crippen LogP contribution in [0.15, 0.2) is 42.9 Å². The molecule has 2 amide bonds. The number of carbonyl (C=O) groups is 2. The summed E-state index contributed by atoms with van der Waals surface area (Å²) < 4.78 is 40.4. The van der Waals surface area contributed by atoms with Gasteiger partial charge < -0.3 is 19.9 Å². The van der Waals surface area contributed by atoms with Crippen LogP contribution in [0.1, 0.15) is 12.8 Å². The van der Waals surface area contributed by atoms with Crippen molar-refractivity contribution in [2.75, 3.05) is 36.9 Å². The van der Waals surface area contributed by atoms with Gasteiger partial charge in [-0.1, -0.05) is 0 Å². The lowest BCUT2D eigenvalue weighted by atomic mass is 9.96. The summed E-state index contributed by atoms with van der Waals surface area (Å²) in [5, 5.41) is 2.56. The van der Waals surface area contributed by atoms with Gasteiger partial charge in [0.05, 0.1) is 18.7 Å². The van der Waals surface area contributed by atoms with E-state index < -0.39 is 12.3 Å². The lowest BCUT2D eigenvalue weighted by Gasteiger charge is -2.34. The van der Waals surface area contributed by atoms with Gasteiger partial charge >= 0.3 is 6.36 Å². The Morgan fingerprint density at radius 1 is 1.26 bits per heavy atom. The van der Waals surface area contributed by atoms with Crippen molar-refractivity contribution in [3.63, 3.8) is 0 Å². The largest absolute Gasteiger partial charge is 0.573 e. The molecule has 0 spiro atoms. The molecule has 1 fully saturated rings. The van der Waals surface area contributed by atoms with Crippen molar-refractivity contribution in [2.24, 2.45) is 5.92 Å². The SMILES string of the molecule is CN(CC(=O)Nc1ccc(OC(F)(F)F)cc1)C(=O)[C@@H]1CCCN(c2cnccn2)C1. The number of ether oxygens (including phenoxy) is 1. The number of carbonyl (C=O) groups excluding carboxylic acids is 2. The monoisotopic (exact) mass is 437 g/mol. The van der Waals surface area contributed by atoms with Crippen molar-refractivity contribution in [3.05, 3.63) is 42.9 Å². The van der Waals surface area contributed by atoms with E-state index in [9.17, 15) is 22.8 Å². The first-order chi connectivity index (χ1) is 14.7. The predicted octanol–water partition coefficient (Wildman–Crippen LogP) is 2.69. The molecule has 0 aliphatic carbocycles. The third-order valence-electron chi connectivity index (χ3n) is 4.77. The fourth-order valence-corrected chi connectivity index (χ4v) is 3.39. The van der Waals surface area contributed by atoms with Crippen LogP contribution in [0.5, 0.6) is 5.75 Å². The molecule has 11 heteroatoms. The Kier molecular flexibility index (Phi) is 6.93. The molecule has 1 saturated heterocycles. The first-order valence-corrected chi connectivity index (χ1v) is 9.63. The van der Waals surface area contributed by atoms with Crippen molar-refractivity contribution >= 4 is 23.3 Å². The van der Waals surface area contributed by atoms with Crippen LogP contribution in [-0.2, 0) is 9.59 Å². The maximum absolute atomic E-state index is 12.8. The summed E-state index contributed by atoms with van der Waals surface area (Å²) in [5.74, 6) is -0.562.